The Kier molecular flexibility index (Phi) is 5.32. The topological polar surface area (TPSA) is 32.3 Å². The number of pyridine rings is 1. The lowest BCUT2D eigenvalue weighted by atomic mass is 10.0. The summed E-state index contributed by atoms with van der Waals surface area (Å²) in [6.07, 6.45) is 1.80. The van der Waals surface area contributed by atoms with Crippen molar-refractivity contribution >= 4 is 33.9 Å². The summed E-state index contributed by atoms with van der Waals surface area (Å²) in [5, 5.41) is 3.96. The minimum atomic E-state index is 0.550. The van der Waals surface area contributed by atoms with Crippen LogP contribution in [0.2, 0.25) is 5.02 Å². The maximum absolute atomic E-state index is 6.28. The van der Waals surface area contributed by atoms with Crippen molar-refractivity contribution in [2.75, 3.05) is 36.0 Å². The minimum Gasteiger partial charge on any atom is -0.352 e. The third-order valence-electron chi connectivity index (χ3n) is 4.95. The monoisotopic (exact) mass is 398 g/mol. The second-order valence-corrected chi connectivity index (χ2v) is 8.32. The standard InChI is InChI=1S/C21H23ClN4S/c1-15(2)16-5-7-17(8-6-16)19-14-27-21(24-19)26-12-10-25(11-13-26)20-18(22)4-3-9-23-20/h3-9,14-15H,10-13H2,1-2H3. The first kappa shape index (κ1) is 18.3. The maximum atomic E-state index is 6.28. The molecular formula is C21H23ClN4S. The Bertz CT molecular complexity index is 899. The van der Waals surface area contributed by atoms with E-state index < -0.39 is 0 Å². The van der Waals surface area contributed by atoms with Gasteiger partial charge in [-0.2, -0.15) is 0 Å². The fraction of sp³-hybridized carbons (Fsp3) is 0.333. The zero-order valence-electron chi connectivity index (χ0n) is 15.6. The maximum Gasteiger partial charge on any atom is 0.185 e. The summed E-state index contributed by atoms with van der Waals surface area (Å²) in [5.74, 6) is 1.43. The molecule has 0 radical (unpaired) electrons. The molecule has 0 spiro atoms. The van der Waals surface area contributed by atoms with Gasteiger partial charge in [-0.15, -0.1) is 11.3 Å². The number of rotatable bonds is 4. The van der Waals surface area contributed by atoms with Crippen molar-refractivity contribution in [3.05, 3.63) is 58.6 Å². The van der Waals surface area contributed by atoms with E-state index in [0.29, 0.717) is 10.9 Å². The largest absolute Gasteiger partial charge is 0.352 e. The highest BCUT2D eigenvalue weighted by atomic mass is 35.5. The summed E-state index contributed by atoms with van der Waals surface area (Å²) in [6.45, 7) is 8.07. The number of thiazole rings is 1. The van der Waals surface area contributed by atoms with E-state index in [1.807, 2.05) is 12.1 Å². The number of benzene rings is 1. The molecule has 4 rings (SSSR count). The number of aromatic nitrogens is 2. The second-order valence-electron chi connectivity index (χ2n) is 7.07. The van der Waals surface area contributed by atoms with E-state index >= 15 is 0 Å². The molecular weight excluding hydrogens is 376 g/mol. The van der Waals surface area contributed by atoms with Gasteiger partial charge >= 0.3 is 0 Å². The Morgan fingerprint density at radius 3 is 2.37 bits per heavy atom. The molecule has 1 aliphatic heterocycles. The molecule has 0 atom stereocenters. The van der Waals surface area contributed by atoms with Crippen LogP contribution in [0.15, 0.2) is 48.0 Å². The quantitative estimate of drug-likeness (QED) is 0.596. The molecule has 3 aromatic rings. The van der Waals surface area contributed by atoms with Crippen molar-refractivity contribution in [2.45, 2.75) is 19.8 Å². The molecule has 6 heteroatoms. The summed E-state index contributed by atoms with van der Waals surface area (Å²) >= 11 is 8.00. The van der Waals surface area contributed by atoms with Gasteiger partial charge in [-0.1, -0.05) is 49.7 Å². The van der Waals surface area contributed by atoms with Crippen molar-refractivity contribution in [1.29, 1.82) is 0 Å². The first-order valence-corrected chi connectivity index (χ1v) is 10.5. The lowest BCUT2D eigenvalue weighted by molar-refractivity contribution is 0.646. The van der Waals surface area contributed by atoms with Gasteiger partial charge in [0.2, 0.25) is 0 Å². The smallest absolute Gasteiger partial charge is 0.185 e. The average molecular weight is 399 g/mol. The van der Waals surface area contributed by atoms with Gasteiger partial charge in [-0.3, -0.25) is 0 Å². The normalized spacial score (nSPS) is 14.8. The number of hydrogen-bond donors (Lipinski definition) is 0. The molecule has 27 heavy (non-hydrogen) atoms. The predicted octanol–water partition coefficient (Wildman–Crippen LogP) is 5.31. The molecule has 1 saturated heterocycles. The molecule has 0 bridgehead atoms. The Morgan fingerprint density at radius 1 is 1.00 bits per heavy atom. The first-order valence-electron chi connectivity index (χ1n) is 9.28. The number of halogens is 1. The minimum absolute atomic E-state index is 0.550. The average Bonchev–Trinajstić information content (AvgIpc) is 3.19. The molecule has 0 saturated carbocycles. The molecule has 140 valence electrons. The van der Waals surface area contributed by atoms with Crippen LogP contribution >= 0.6 is 22.9 Å². The molecule has 0 amide bonds. The van der Waals surface area contributed by atoms with Gasteiger partial charge in [-0.25, -0.2) is 9.97 Å². The predicted molar refractivity (Wildman–Crippen MR) is 115 cm³/mol. The van der Waals surface area contributed by atoms with Crippen LogP contribution in [-0.2, 0) is 0 Å². The molecule has 3 heterocycles. The highest BCUT2D eigenvalue weighted by Gasteiger charge is 2.21. The van der Waals surface area contributed by atoms with Gasteiger partial charge in [0.25, 0.3) is 0 Å². The lowest BCUT2D eigenvalue weighted by Gasteiger charge is -2.35. The Labute approximate surface area is 169 Å². The van der Waals surface area contributed by atoms with Crippen molar-refractivity contribution in [3.63, 3.8) is 0 Å². The number of hydrogen-bond acceptors (Lipinski definition) is 5. The molecule has 0 unspecified atom stereocenters. The van der Waals surface area contributed by atoms with E-state index in [-0.39, 0.29) is 0 Å². The van der Waals surface area contributed by atoms with E-state index in [4.69, 9.17) is 16.6 Å². The Morgan fingerprint density at radius 2 is 1.70 bits per heavy atom. The van der Waals surface area contributed by atoms with E-state index in [1.54, 1.807) is 17.5 Å². The Hall–Kier alpha value is -2.11. The summed E-state index contributed by atoms with van der Waals surface area (Å²) in [5.41, 5.74) is 3.60. The van der Waals surface area contributed by atoms with Crippen LogP contribution in [0.5, 0.6) is 0 Å². The van der Waals surface area contributed by atoms with E-state index in [0.717, 1.165) is 42.8 Å². The van der Waals surface area contributed by atoms with Gasteiger partial charge in [0, 0.05) is 43.3 Å². The van der Waals surface area contributed by atoms with Crippen molar-refractivity contribution in [2.24, 2.45) is 0 Å². The summed E-state index contributed by atoms with van der Waals surface area (Å²) < 4.78 is 0. The zero-order valence-corrected chi connectivity index (χ0v) is 17.2. The number of nitrogens with zero attached hydrogens (tertiary/aromatic N) is 4. The van der Waals surface area contributed by atoms with E-state index in [1.165, 1.54) is 11.1 Å². The lowest BCUT2D eigenvalue weighted by Crippen LogP contribution is -2.46. The van der Waals surface area contributed by atoms with E-state index in [9.17, 15) is 0 Å². The molecule has 0 N–H and O–H groups in total. The van der Waals surface area contributed by atoms with Gasteiger partial charge in [0.1, 0.15) is 5.82 Å². The van der Waals surface area contributed by atoms with Crippen LogP contribution in [0.3, 0.4) is 0 Å². The number of piperazine rings is 1. The third kappa shape index (κ3) is 3.94. The molecule has 1 aromatic carbocycles. The molecule has 1 aliphatic rings. The highest BCUT2D eigenvalue weighted by Crippen LogP contribution is 2.30. The molecule has 1 fully saturated rings. The number of anilines is 2. The molecule has 4 nitrogen and oxygen atoms in total. The van der Waals surface area contributed by atoms with Crippen LogP contribution in [-0.4, -0.2) is 36.1 Å². The fourth-order valence-electron chi connectivity index (χ4n) is 3.30. The van der Waals surface area contributed by atoms with Crippen LogP contribution < -0.4 is 9.80 Å². The second kappa shape index (κ2) is 7.87. The fourth-order valence-corrected chi connectivity index (χ4v) is 4.43. The van der Waals surface area contributed by atoms with Crippen LogP contribution in [0.1, 0.15) is 25.3 Å². The van der Waals surface area contributed by atoms with Crippen molar-refractivity contribution in [1.82, 2.24) is 9.97 Å². The molecule has 2 aromatic heterocycles. The summed E-state index contributed by atoms with van der Waals surface area (Å²) in [7, 11) is 0. The van der Waals surface area contributed by atoms with Gasteiger partial charge in [-0.05, 0) is 23.6 Å². The van der Waals surface area contributed by atoms with Crippen molar-refractivity contribution < 1.29 is 0 Å². The summed E-state index contributed by atoms with van der Waals surface area (Å²) in [6, 6.07) is 12.5. The zero-order chi connectivity index (χ0) is 18.8. The SMILES string of the molecule is CC(C)c1ccc(-c2csc(N3CCN(c4ncccc4Cl)CC3)n2)cc1. The van der Waals surface area contributed by atoms with Crippen LogP contribution in [0.25, 0.3) is 11.3 Å². The van der Waals surface area contributed by atoms with E-state index in [2.05, 4.69) is 58.3 Å². The molecule has 0 aliphatic carbocycles. The first-order chi connectivity index (χ1) is 13.1. The highest BCUT2D eigenvalue weighted by molar-refractivity contribution is 7.14. The Balaban J connectivity index is 1.43. The third-order valence-corrected chi connectivity index (χ3v) is 6.15. The van der Waals surface area contributed by atoms with Crippen molar-refractivity contribution in [3.8, 4) is 11.3 Å². The van der Waals surface area contributed by atoms with Crippen LogP contribution in [0.4, 0.5) is 10.9 Å². The summed E-state index contributed by atoms with van der Waals surface area (Å²) in [4.78, 5) is 13.9. The van der Waals surface area contributed by atoms with Gasteiger partial charge in [0.05, 0.1) is 10.7 Å². The van der Waals surface area contributed by atoms with Crippen LogP contribution in [0, 0.1) is 0 Å². The van der Waals surface area contributed by atoms with Gasteiger partial charge in [0.15, 0.2) is 5.13 Å². The van der Waals surface area contributed by atoms with Gasteiger partial charge < -0.3 is 9.80 Å².